The fourth-order valence-corrected chi connectivity index (χ4v) is 3.44. The number of anilines is 2. The van der Waals surface area contributed by atoms with Gasteiger partial charge in [-0.15, -0.1) is 0 Å². The highest BCUT2D eigenvalue weighted by Gasteiger charge is 2.33. The predicted molar refractivity (Wildman–Crippen MR) is 119 cm³/mol. The topological polar surface area (TPSA) is 75.5 Å². The van der Waals surface area contributed by atoms with Crippen LogP contribution >= 0.6 is 11.6 Å². The lowest BCUT2D eigenvalue weighted by molar-refractivity contribution is -0.137. The average molecular weight is 473 g/mol. The van der Waals surface area contributed by atoms with Crippen molar-refractivity contribution in [2.75, 3.05) is 10.6 Å². The molecule has 0 aliphatic heterocycles. The van der Waals surface area contributed by atoms with Gasteiger partial charge in [-0.05, 0) is 67.1 Å². The van der Waals surface area contributed by atoms with E-state index in [2.05, 4.69) is 15.6 Å². The van der Waals surface area contributed by atoms with Gasteiger partial charge in [-0.1, -0.05) is 11.6 Å². The maximum atomic E-state index is 13.0. The van der Waals surface area contributed by atoms with E-state index < -0.39 is 22.8 Å². The van der Waals surface area contributed by atoms with Gasteiger partial charge in [-0.2, -0.15) is 13.2 Å². The highest BCUT2D eigenvalue weighted by atomic mass is 35.5. The van der Waals surface area contributed by atoms with Crippen molar-refractivity contribution >= 4 is 40.4 Å². The summed E-state index contributed by atoms with van der Waals surface area (Å²) in [4.78, 5) is 29.3. The summed E-state index contributed by atoms with van der Waals surface area (Å²) < 4.78 is 40.6. The first-order valence-electron chi connectivity index (χ1n) is 9.65. The minimum atomic E-state index is -4.65. The fourth-order valence-electron chi connectivity index (χ4n) is 3.22. The fraction of sp³-hybridized carbons (Fsp3) is 0.0870. The number of carbonyl (C=O) groups excluding carboxylic acids is 2. The number of ketones is 1. The van der Waals surface area contributed by atoms with E-state index in [-0.39, 0.29) is 11.5 Å². The molecular formula is C23H16ClF3N4O2. The Bertz CT molecular complexity index is 1360. The molecule has 0 fully saturated rings. The van der Waals surface area contributed by atoms with Crippen molar-refractivity contribution in [2.45, 2.75) is 13.1 Å². The van der Waals surface area contributed by atoms with Crippen molar-refractivity contribution in [1.82, 2.24) is 9.38 Å². The SMILES string of the molecule is Cc1ccn2c(C(=O)c3ccc(NC(=O)Nc4ccc(Cl)c(C(F)(F)F)c4)cc3)cnc2c1. The second-order valence-corrected chi connectivity index (χ2v) is 7.66. The van der Waals surface area contributed by atoms with E-state index in [0.717, 1.165) is 17.7 Å². The van der Waals surface area contributed by atoms with Crippen LogP contribution in [0.5, 0.6) is 0 Å². The van der Waals surface area contributed by atoms with Gasteiger partial charge in [-0.3, -0.25) is 9.20 Å². The molecule has 0 unspecified atom stereocenters. The van der Waals surface area contributed by atoms with Crippen LogP contribution in [0.1, 0.15) is 27.2 Å². The monoisotopic (exact) mass is 472 g/mol. The van der Waals surface area contributed by atoms with Crippen molar-refractivity contribution in [3.8, 4) is 0 Å². The van der Waals surface area contributed by atoms with Crippen molar-refractivity contribution in [3.63, 3.8) is 0 Å². The van der Waals surface area contributed by atoms with Gasteiger partial charge in [0.05, 0.1) is 16.8 Å². The van der Waals surface area contributed by atoms with Gasteiger partial charge in [0.25, 0.3) is 0 Å². The molecule has 0 atom stereocenters. The minimum Gasteiger partial charge on any atom is -0.308 e. The Balaban J connectivity index is 1.45. The van der Waals surface area contributed by atoms with Crippen molar-refractivity contribution in [2.24, 2.45) is 0 Å². The Kier molecular flexibility index (Phi) is 5.82. The second kappa shape index (κ2) is 8.59. The number of benzene rings is 2. The molecular weight excluding hydrogens is 457 g/mol. The average Bonchev–Trinajstić information content (AvgIpc) is 3.17. The molecule has 2 amide bonds. The number of nitrogens with one attached hydrogen (secondary N) is 2. The molecule has 0 aliphatic rings. The molecule has 4 aromatic rings. The molecule has 0 saturated carbocycles. The first-order chi connectivity index (χ1) is 15.6. The standard InChI is InChI=1S/C23H16ClF3N4O2/c1-13-8-9-31-19(12-28-20(31)10-13)21(32)14-2-4-15(5-3-14)29-22(33)30-16-6-7-18(24)17(11-16)23(25,26)27/h2-12H,1H3,(H2,29,30,33). The number of fused-ring (bicyclic) bond motifs is 1. The number of amides is 2. The van der Waals surface area contributed by atoms with Crippen molar-refractivity contribution in [3.05, 3.63) is 94.4 Å². The molecule has 2 heterocycles. The lowest BCUT2D eigenvalue weighted by Crippen LogP contribution is -2.20. The van der Waals surface area contributed by atoms with E-state index in [0.29, 0.717) is 22.6 Å². The number of halogens is 4. The summed E-state index contributed by atoms with van der Waals surface area (Å²) in [7, 11) is 0. The first-order valence-corrected chi connectivity index (χ1v) is 10.0. The Morgan fingerprint density at radius 3 is 2.33 bits per heavy atom. The van der Waals surface area contributed by atoms with Gasteiger partial charge >= 0.3 is 12.2 Å². The zero-order chi connectivity index (χ0) is 23.8. The molecule has 33 heavy (non-hydrogen) atoms. The number of urea groups is 1. The molecule has 0 aliphatic carbocycles. The molecule has 2 aromatic heterocycles. The predicted octanol–water partition coefficient (Wildman–Crippen LogP) is 6.19. The number of alkyl halides is 3. The van der Waals surface area contributed by atoms with E-state index in [1.165, 1.54) is 36.5 Å². The maximum Gasteiger partial charge on any atom is 0.417 e. The molecule has 168 valence electrons. The van der Waals surface area contributed by atoms with E-state index in [4.69, 9.17) is 11.6 Å². The van der Waals surface area contributed by atoms with Crippen LogP contribution in [-0.4, -0.2) is 21.2 Å². The quantitative estimate of drug-likeness (QED) is 0.348. The Labute approximate surface area is 191 Å². The summed E-state index contributed by atoms with van der Waals surface area (Å²) in [5.41, 5.74) is 1.69. The van der Waals surface area contributed by atoms with Gasteiger partial charge in [0.1, 0.15) is 11.3 Å². The number of carbonyl (C=O) groups is 2. The number of rotatable bonds is 4. The Morgan fingerprint density at radius 2 is 1.64 bits per heavy atom. The summed E-state index contributed by atoms with van der Waals surface area (Å²) >= 11 is 5.58. The van der Waals surface area contributed by atoms with E-state index in [1.54, 1.807) is 10.6 Å². The van der Waals surface area contributed by atoms with Gasteiger partial charge in [-0.25, -0.2) is 9.78 Å². The zero-order valence-electron chi connectivity index (χ0n) is 17.1. The number of aryl methyl sites for hydroxylation is 1. The van der Waals surface area contributed by atoms with Crippen LogP contribution in [0.25, 0.3) is 5.65 Å². The zero-order valence-corrected chi connectivity index (χ0v) is 17.8. The van der Waals surface area contributed by atoms with Crippen LogP contribution in [0, 0.1) is 6.92 Å². The second-order valence-electron chi connectivity index (χ2n) is 7.25. The number of imidazole rings is 1. The number of hydrogen-bond acceptors (Lipinski definition) is 3. The van der Waals surface area contributed by atoms with Crippen LogP contribution in [0.4, 0.5) is 29.3 Å². The number of aromatic nitrogens is 2. The van der Waals surface area contributed by atoms with Crippen molar-refractivity contribution < 1.29 is 22.8 Å². The number of pyridine rings is 1. The van der Waals surface area contributed by atoms with Gasteiger partial charge in [0, 0.05) is 23.1 Å². The Hall–Kier alpha value is -3.85. The van der Waals surface area contributed by atoms with Crippen LogP contribution in [0.2, 0.25) is 5.02 Å². The molecule has 0 spiro atoms. The van der Waals surface area contributed by atoms with Crippen LogP contribution in [-0.2, 0) is 6.18 Å². The molecule has 4 rings (SSSR count). The Morgan fingerprint density at radius 1 is 0.970 bits per heavy atom. The normalized spacial score (nSPS) is 11.4. The summed E-state index contributed by atoms with van der Waals surface area (Å²) in [5, 5.41) is 4.37. The molecule has 2 aromatic carbocycles. The largest absolute Gasteiger partial charge is 0.417 e. The summed E-state index contributed by atoms with van der Waals surface area (Å²) in [6, 6.07) is 12.2. The third-order valence-corrected chi connectivity index (χ3v) is 5.17. The van der Waals surface area contributed by atoms with Crippen LogP contribution in [0.3, 0.4) is 0 Å². The third kappa shape index (κ3) is 4.83. The van der Waals surface area contributed by atoms with Gasteiger partial charge in [0.2, 0.25) is 5.78 Å². The maximum absolute atomic E-state index is 13.0. The van der Waals surface area contributed by atoms with Crippen LogP contribution in [0.15, 0.2) is 67.0 Å². The molecule has 10 heteroatoms. The summed E-state index contributed by atoms with van der Waals surface area (Å²) in [5.74, 6) is -0.247. The first kappa shape index (κ1) is 22.3. The molecule has 0 bridgehead atoms. The van der Waals surface area contributed by atoms with E-state index in [9.17, 15) is 22.8 Å². The molecule has 0 saturated heterocycles. The molecule has 2 N–H and O–H groups in total. The molecule has 0 radical (unpaired) electrons. The number of hydrogen-bond donors (Lipinski definition) is 2. The van der Waals surface area contributed by atoms with Gasteiger partial charge < -0.3 is 10.6 Å². The molecule has 6 nitrogen and oxygen atoms in total. The smallest absolute Gasteiger partial charge is 0.308 e. The summed E-state index contributed by atoms with van der Waals surface area (Å²) in [6.45, 7) is 1.93. The summed E-state index contributed by atoms with van der Waals surface area (Å²) in [6.07, 6.45) is -1.38. The van der Waals surface area contributed by atoms with E-state index >= 15 is 0 Å². The van der Waals surface area contributed by atoms with Gasteiger partial charge in [0.15, 0.2) is 0 Å². The highest BCUT2D eigenvalue weighted by molar-refractivity contribution is 6.31. The van der Waals surface area contributed by atoms with E-state index in [1.807, 2.05) is 19.1 Å². The number of nitrogens with zero attached hydrogens (tertiary/aromatic N) is 2. The minimum absolute atomic E-state index is 0.0705. The van der Waals surface area contributed by atoms with Crippen molar-refractivity contribution in [1.29, 1.82) is 0 Å². The lowest BCUT2D eigenvalue weighted by atomic mass is 10.1. The third-order valence-electron chi connectivity index (χ3n) is 4.84. The van der Waals surface area contributed by atoms with Crippen LogP contribution < -0.4 is 10.6 Å². The lowest BCUT2D eigenvalue weighted by Gasteiger charge is -2.12. The highest BCUT2D eigenvalue weighted by Crippen LogP contribution is 2.36.